The number of carbonyl (C=O) groups is 2. The summed E-state index contributed by atoms with van der Waals surface area (Å²) in [5.41, 5.74) is 1.83. The lowest BCUT2D eigenvalue weighted by molar-refractivity contribution is -0.145. The van der Waals surface area contributed by atoms with Crippen LogP contribution in [0.25, 0.3) is 10.7 Å². The second kappa shape index (κ2) is 6.23. The number of thiazole rings is 1. The summed E-state index contributed by atoms with van der Waals surface area (Å²) >= 11 is 1.32. The van der Waals surface area contributed by atoms with Crippen LogP contribution in [-0.2, 0) is 16.1 Å². The first kappa shape index (κ1) is 16.2. The molecule has 3 heterocycles. The number of esters is 1. The lowest BCUT2D eigenvalue weighted by Crippen LogP contribution is -2.30. The molecule has 0 aliphatic carbocycles. The molecule has 2 aromatic heterocycles. The molecular formula is C18H13N3O4S. The second-order valence-corrected chi connectivity index (χ2v) is 6.56. The van der Waals surface area contributed by atoms with E-state index in [1.54, 1.807) is 29.8 Å². The van der Waals surface area contributed by atoms with E-state index in [-0.39, 0.29) is 24.6 Å². The molecule has 0 bridgehead atoms. The Morgan fingerprint density at radius 1 is 1.23 bits per heavy atom. The monoisotopic (exact) mass is 367 g/mol. The molecule has 8 heteroatoms. The predicted molar refractivity (Wildman–Crippen MR) is 95.6 cm³/mol. The van der Waals surface area contributed by atoms with Gasteiger partial charge in [-0.25, -0.2) is 4.98 Å². The Labute approximate surface area is 151 Å². The summed E-state index contributed by atoms with van der Waals surface area (Å²) in [7, 11) is 0. The molecule has 0 unspecified atom stereocenters. The van der Waals surface area contributed by atoms with Gasteiger partial charge >= 0.3 is 5.97 Å². The first-order chi connectivity index (χ1) is 12.5. The number of fused-ring (bicyclic) bond motifs is 2. The number of ether oxygens (including phenoxy) is 1. The van der Waals surface area contributed by atoms with Crippen LogP contribution in [0, 0.1) is 0 Å². The Morgan fingerprint density at radius 3 is 2.77 bits per heavy atom. The van der Waals surface area contributed by atoms with Crippen LogP contribution >= 0.6 is 11.3 Å². The number of hydrogen-bond acceptors (Lipinski definition) is 6. The first-order valence-corrected chi connectivity index (χ1v) is 8.64. The Morgan fingerprint density at radius 2 is 2.00 bits per heavy atom. The van der Waals surface area contributed by atoms with Crippen molar-refractivity contribution in [3.63, 3.8) is 0 Å². The number of carbonyl (C=O) groups excluding carboxylic acids is 2. The molecule has 0 saturated carbocycles. The molecule has 0 spiro atoms. The zero-order chi connectivity index (χ0) is 18.3. The highest BCUT2D eigenvalue weighted by Crippen LogP contribution is 2.30. The average molecular weight is 367 g/mol. The van der Waals surface area contributed by atoms with Gasteiger partial charge in [0.2, 0.25) is 0 Å². The molecule has 0 saturated heterocycles. The lowest BCUT2D eigenvalue weighted by atomic mass is 10.1. The Hall–Kier alpha value is -3.26. The Kier molecular flexibility index (Phi) is 3.89. The summed E-state index contributed by atoms with van der Waals surface area (Å²) in [6.45, 7) is 3.50. The fourth-order valence-electron chi connectivity index (χ4n) is 2.79. The van der Waals surface area contributed by atoms with Crippen LogP contribution in [0.3, 0.4) is 0 Å². The van der Waals surface area contributed by atoms with Crippen LogP contribution in [0.1, 0.15) is 21.6 Å². The summed E-state index contributed by atoms with van der Waals surface area (Å²) in [5, 5.41) is 1.75. The van der Waals surface area contributed by atoms with Crippen molar-refractivity contribution in [2.75, 3.05) is 6.54 Å². The minimum atomic E-state index is -0.597. The van der Waals surface area contributed by atoms with Gasteiger partial charge in [-0.05, 0) is 6.07 Å². The lowest BCUT2D eigenvalue weighted by Gasteiger charge is -2.16. The van der Waals surface area contributed by atoms with Gasteiger partial charge < -0.3 is 4.74 Å². The maximum absolute atomic E-state index is 12.4. The minimum absolute atomic E-state index is 0.135. The summed E-state index contributed by atoms with van der Waals surface area (Å²) in [5.74, 6) is -0.876. The van der Waals surface area contributed by atoms with E-state index in [1.807, 2.05) is 6.07 Å². The molecule has 1 aliphatic rings. The van der Waals surface area contributed by atoms with Crippen molar-refractivity contribution in [1.29, 1.82) is 0 Å². The zero-order valence-electron chi connectivity index (χ0n) is 13.5. The minimum Gasteiger partial charge on any atom is -0.458 e. The number of benzene rings is 1. The van der Waals surface area contributed by atoms with E-state index in [1.165, 1.54) is 26.7 Å². The van der Waals surface area contributed by atoms with Crippen LogP contribution in [0.2, 0.25) is 0 Å². The van der Waals surface area contributed by atoms with Crippen molar-refractivity contribution < 1.29 is 14.3 Å². The Balaban J connectivity index is 1.44. The SMILES string of the molecule is C=C1c2ccccc2C(=O)N1CC(=O)OCc1cc(=O)n2ccsc2n1. The van der Waals surface area contributed by atoms with Crippen molar-refractivity contribution in [2.45, 2.75) is 6.61 Å². The third-order valence-electron chi connectivity index (χ3n) is 4.06. The van der Waals surface area contributed by atoms with Gasteiger partial charge in [0.15, 0.2) is 4.96 Å². The van der Waals surface area contributed by atoms with Crippen LogP contribution in [0.4, 0.5) is 0 Å². The van der Waals surface area contributed by atoms with Gasteiger partial charge in [0.1, 0.15) is 13.2 Å². The van der Waals surface area contributed by atoms with Gasteiger partial charge in [-0.1, -0.05) is 24.8 Å². The molecule has 1 aromatic carbocycles. The number of nitrogens with zero attached hydrogens (tertiary/aromatic N) is 3. The third kappa shape index (κ3) is 2.70. The van der Waals surface area contributed by atoms with Crippen LogP contribution in [0.5, 0.6) is 0 Å². The van der Waals surface area contributed by atoms with Crippen molar-refractivity contribution >= 4 is 33.9 Å². The van der Waals surface area contributed by atoms with Gasteiger partial charge in [0.05, 0.1) is 5.69 Å². The molecule has 130 valence electrons. The first-order valence-electron chi connectivity index (χ1n) is 7.76. The fourth-order valence-corrected chi connectivity index (χ4v) is 3.53. The number of amides is 1. The van der Waals surface area contributed by atoms with Gasteiger partial charge in [0.25, 0.3) is 11.5 Å². The molecule has 7 nitrogen and oxygen atoms in total. The van der Waals surface area contributed by atoms with E-state index >= 15 is 0 Å². The van der Waals surface area contributed by atoms with E-state index in [9.17, 15) is 14.4 Å². The smallest absolute Gasteiger partial charge is 0.326 e. The highest BCUT2D eigenvalue weighted by Gasteiger charge is 2.32. The number of rotatable bonds is 4. The second-order valence-electron chi connectivity index (χ2n) is 5.69. The van der Waals surface area contributed by atoms with E-state index in [2.05, 4.69) is 11.6 Å². The Bertz CT molecular complexity index is 1080. The van der Waals surface area contributed by atoms with Crippen molar-refractivity contribution in [2.24, 2.45) is 0 Å². The van der Waals surface area contributed by atoms with Gasteiger partial charge in [-0.2, -0.15) is 0 Å². The zero-order valence-corrected chi connectivity index (χ0v) is 14.4. The molecule has 26 heavy (non-hydrogen) atoms. The molecule has 1 amide bonds. The molecule has 0 atom stereocenters. The molecule has 0 fully saturated rings. The summed E-state index contributed by atoms with van der Waals surface area (Å²) in [6, 6.07) is 8.37. The topological polar surface area (TPSA) is 81.0 Å². The normalized spacial score (nSPS) is 13.3. The molecule has 0 radical (unpaired) electrons. The maximum atomic E-state index is 12.4. The third-order valence-corrected chi connectivity index (χ3v) is 4.82. The summed E-state index contributed by atoms with van der Waals surface area (Å²) < 4.78 is 6.60. The van der Waals surface area contributed by atoms with E-state index in [0.717, 1.165) is 0 Å². The molecule has 4 rings (SSSR count). The van der Waals surface area contributed by atoms with Crippen LogP contribution in [-0.4, -0.2) is 32.7 Å². The maximum Gasteiger partial charge on any atom is 0.326 e. The van der Waals surface area contributed by atoms with Gasteiger partial charge in [0, 0.05) is 34.5 Å². The molecular weight excluding hydrogens is 354 g/mol. The molecule has 0 N–H and O–H groups in total. The summed E-state index contributed by atoms with van der Waals surface area (Å²) in [4.78, 5) is 42.5. The van der Waals surface area contributed by atoms with Crippen LogP contribution in [0.15, 0.2) is 53.3 Å². The molecule has 1 aliphatic heterocycles. The van der Waals surface area contributed by atoms with Crippen molar-refractivity contribution in [3.05, 3.63) is 75.7 Å². The fraction of sp³-hybridized carbons (Fsp3) is 0.111. The number of hydrogen-bond donors (Lipinski definition) is 0. The summed E-state index contributed by atoms with van der Waals surface area (Å²) in [6.07, 6.45) is 1.63. The standard InChI is InChI=1S/C18H13N3O4S/c1-11-13-4-2-3-5-14(13)17(24)21(11)9-16(23)25-10-12-8-15(22)20-6-7-26-18(20)19-12/h2-8H,1,9-10H2. The highest BCUT2D eigenvalue weighted by molar-refractivity contribution is 7.15. The van der Waals surface area contributed by atoms with Crippen molar-refractivity contribution in [3.8, 4) is 0 Å². The van der Waals surface area contributed by atoms with Crippen LogP contribution < -0.4 is 5.56 Å². The van der Waals surface area contributed by atoms with E-state index in [0.29, 0.717) is 27.5 Å². The van der Waals surface area contributed by atoms with Gasteiger partial charge in [-0.3, -0.25) is 23.7 Å². The predicted octanol–water partition coefficient (Wildman–Crippen LogP) is 1.93. The van der Waals surface area contributed by atoms with E-state index in [4.69, 9.17) is 4.74 Å². The average Bonchev–Trinajstić information content (AvgIpc) is 3.20. The van der Waals surface area contributed by atoms with Crippen molar-refractivity contribution in [1.82, 2.24) is 14.3 Å². The van der Waals surface area contributed by atoms with Gasteiger partial charge in [-0.15, -0.1) is 11.3 Å². The molecule has 3 aromatic rings. The van der Waals surface area contributed by atoms with E-state index < -0.39 is 5.97 Å². The highest BCUT2D eigenvalue weighted by atomic mass is 32.1. The number of aromatic nitrogens is 2. The quantitative estimate of drug-likeness (QED) is 0.658. The largest absolute Gasteiger partial charge is 0.458 e.